The van der Waals surface area contributed by atoms with E-state index in [1.807, 2.05) is 4.68 Å². The summed E-state index contributed by atoms with van der Waals surface area (Å²) in [6.07, 6.45) is 5.71. The summed E-state index contributed by atoms with van der Waals surface area (Å²) in [5.74, 6) is 0. The number of ether oxygens (including phenoxy) is 1. The highest BCUT2D eigenvalue weighted by atomic mass is 127. The number of halogens is 1. The van der Waals surface area contributed by atoms with E-state index in [4.69, 9.17) is 4.74 Å². The minimum Gasteiger partial charge on any atom is -0.357 e. The van der Waals surface area contributed by atoms with Gasteiger partial charge in [0.1, 0.15) is 6.23 Å². The van der Waals surface area contributed by atoms with Gasteiger partial charge in [0.2, 0.25) is 0 Å². The van der Waals surface area contributed by atoms with Crippen LogP contribution in [-0.4, -0.2) is 16.4 Å². The molecule has 4 heteroatoms. The van der Waals surface area contributed by atoms with Crippen LogP contribution in [-0.2, 0) is 4.74 Å². The summed E-state index contributed by atoms with van der Waals surface area (Å²) in [5, 5.41) is 5.77. The minimum atomic E-state index is 0.138. The maximum Gasteiger partial charge on any atom is 0.150 e. The Labute approximate surface area is 108 Å². The maximum atomic E-state index is 5.72. The Hall–Kier alpha value is -0.620. The average Bonchev–Trinajstić information content (AvgIpc) is 2.73. The Morgan fingerprint density at radius 3 is 3.12 bits per heavy atom. The topological polar surface area (TPSA) is 27.1 Å². The lowest BCUT2D eigenvalue weighted by Gasteiger charge is -2.22. The zero-order chi connectivity index (χ0) is 11.0. The third kappa shape index (κ3) is 1.96. The van der Waals surface area contributed by atoms with Crippen LogP contribution in [0.15, 0.2) is 24.4 Å². The molecule has 1 saturated heterocycles. The van der Waals surface area contributed by atoms with Gasteiger partial charge in [0.05, 0.1) is 5.52 Å². The van der Waals surface area contributed by atoms with Gasteiger partial charge in [-0.3, -0.25) is 0 Å². The first kappa shape index (κ1) is 10.5. The van der Waals surface area contributed by atoms with E-state index in [1.165, 1.54) is 21.8 Å². The molecule has 0 unspecified atom stereocenters. The Morgan fingerprint density at radius 1 is 1.38 bits per heavy atom. The van der Waals surface area contributed by atoms with Crippen LogP contribution in [0.4, 0.5) is 0 Å². The Balaban J connectivity index is 1.97. The molecule has 3 rings (SSSR count). The number of benzene rings is 1. The van der Waals surface area contributed by atoms with Gasteiger partial charge in [0.25, 0.3) is 0 Å². The lowest BCUT2D eigenvalue weighted by Crippen LogP contribution is -2.18. The third-order valence-corrected chi connectivity index (χ3v) is 3.61. The smallest absolute Gasteiger partial charge is 0.150 e. The number of fused-ring (bicyclic) bond motifs is 1. The first-order valence-corrected chi connectivity index (χ1v) is 6.67. The molecule has 1 atom stereocenters. The summed E-state index contributed by atoms with van der Waals surface area (Å²) >= 11 is 2.31. The molecule has 0 bridgehead atoms. The predicted octanol–water partition coefficient (Wildman–Crippen LogP) is 3.34. The predicted molar refractivity (Wildman–Crippen MR) is 71.3 cm³/mol. The molecule has 0 amide bonds. The Kier molecular flexibility index (Phi) is 2.85. The third-order valence-electron chi connectivity index (χ3n) is 2.94. The average molecular weight is 328 g/mol. The van der Waals surface area contributed by atoms with E-state index >= 15 is 0 Å². The van der Waals surface area contributed by atoms with Crippen molar-refractivity contribution >= 4 is 33.5 Å². The highest BCUT2D eigenvalue weighted by Crippen LogP contribution is 2.24. The molecule has 1 aromatic carbocycles. The van der Waals surface area contributed by atoms with Gasteiger partial charge in [-0.15, -0.1) is 0 Å². The first-order valence-electron chi connectivity index (χ1n) is 5.59. The largest absolute Gasteiger partial charge is 0.357 e. The SMILES string of the molecule is Ic1ccc2cn([C@H]3CCCCO3)nc2c1. The molecule has 1 aromatic heterocycles. The van der Waals surface area contributed by atoms with Crippen molar-refractivity contribution in [2.24, 2.45) is 0 Å². The van der Waals surface area contributed by atoms with Gasteiger partial charge in [0, 0.05) is 21.8 Å². The molecule has 84 valence electrons. The summed E-state index contributed by atoms with van der Waals surface area (Å²) < 4.78 is 8.92. The van der Waals surface area contributed by atoms with Crippen LogP contribution < -0.4 is 0 Å². The first-order chi connectivity index (χ1) is 7.83. The van der Waals surface area contributed by atoms with Gasteiger partial charge in [-0.2, -0.15) is 5.10 Å². The highest BCUT2D eigenvalue weighted by Gasteiger charge is 2.16. The number of hydrogen-bond acceptors (Lipinski definition) is 2. The van der Waals surface area contributed by atoms with Crippen molar-refractivity contribution in [2.75, 3.05) is 6.61 Å². The van der Waals surface area contributed by atoms with E-state index in [-0.39, 0.29) is 6.23 Å². The second kappa shape index (κ2) is 4.33. The van der Waals surface area contributed by atoms with Crippen molar-refractivity contribution < 1.29 is 4.74 Å². The lowest BCUT2D eigenvalue weighted by atomic mass is 10.2. The molecule has 1 aliphatic heterocycles. The molecule has 2 aromatic rings. The van der Waals surface area contributed by atoms with Crippen LogP contribution in [0, 0.1) is 3.57 Å². The van der Waals surface area contributed by atoms with Crippen LogP contribution >= 0.6 is 22.6 Å². The van der Waals surface area contributed by atoms with Crippen molar-refractivity contribution in [3.8, 4) is 0 Å². The van der Waals surface area contributed by atoms with Crippen molar-refractivity contribution in [3.63, 3.8) is 0 Å². The van der Waals surface area contributed by atoms with Gasteiger partial charge < -0.3 is 4.74 Å². The van der Waals surface area contributed by atoms with Gasteiger partial charge in [-0.25, -0.2) is 4.68 Å². The normalized spacial score (nSPS) is 21.4. The Morgan fingerprint density at radius 2 is 2.31 bits per heavy atom. The van der Waals surface area contributed by atoms with Gasteiger partial charge in [-0.05, 0) is 54.0 Å². The summed E-state index contributed by atoms with van der Waals surface area (Å²) in [5.41, 5.74) is 1.06. The van der Waals surface area contributed by atoms with Gasteiger partial charge in [0.15, 0.2) is 0 Å². The quantitative estimate of drug-likeness (QED) is 0.751. The van der Waals surface area contributed by atoms with Crippen LogP contribution in [0.3, 0.4) is 0 Å². The Bertz CT molecular complexity index is 503. The van der Waals surface area contributed by atoms with E-state index < -0.39 is 0 Å². The molecule has 16 heavy (non-hydrogen) atoms. The van der Waals surface area contributed by atoms with Gasteiger partial charge >= 0.3 is 0 Å². The molecule has 2 heterocycles. The summed E-state index contributed by atoms with van der Waals surface area (Å²) in [4.78, 5) is 0. The summed E-state index contributed by atoms with van der Waals surface area (Å²) in [7, 11) is 0. The molecule has 0 radical (unpaired) electrons. The minimum absolute atomic E-state index is 0.138. The molecular weight excluding hydrogens is 315 g/mol. The monoisotopic (exact) mass is 328 g/mol. The molecule has 0 spiro atoms. The maximum absolute atomic E-state index is 5.72. The summed E-state index contributed by atoms with van der Waals surface area (Å²) in [6.45, 7) is 0.860. The number of nitrogens with zero attached hydrogens (tertiary/aromatic N) is 2. The number of rotatable bonds is 1. The van der Waals surface area contributed by atoms with E-state index in [0.717, 1.165) is 18.5 Å². The highest BCUT2D eigenvalue weighted by molar-refractivity contribution is 14.1. The van der Waals surface area contributed by atoms with Crippen LogP contribution in [0.2, 0.25) is 0 Å². The van der Waals surface area contributed by atoms with Crippen molar-refractivity contribution in [2.45, 2.75) is 25.5 Å². The van der Waals surface area contributed by atoms with Crippen molar-refractivity contribution in [3.05, 3.63) is 28.0 Å². The zero-order valence-corrected chi connectivity index (χ0v) is 11.1. The molecular formula is C12H13IN2O. The van der Waals surface area contributed by atoms with Crippen molar-refractivity contribution in [1.82, 2.24) is 9.78 Å². The van der Waals surface area contributed by atoms with Crippen LogP contribution in [0.5, 0.6) is 0 Å². The number of hydrogen-bond donors (Lipinski definition) is 0. The fourth-order valence-electron chi connectivity index (χ4n) is 2.09. The van der Waals surface area contributed by atoms with Crippen molar-refractivity contribution in [1.29, 1.82) is 0 Å². The standard InChI is InChI=1S/C12H13IN2O/c13-10-5-4-9-8-15(14-11(9)7-10)12-3-1-2-6-16-12/h4-5,7-8,12H,1-3,6H2/t12-/m1/s1. The van der Waals surface area contributed by atoms with E-state index in [0.29, 0.717) is 0 Å². The molecule has 0 aliphatic carbocycles. The molecule has 0 saturated carbocycles. The van der Waals surface area contributed by atoms with E-state index in [1.54, 1.807) is 0 Å². The van der Waals surface area contributed by atoms with E-state index in [9.17, 15) is 0 Å². The van der Waals surface area contributed by atoms with Gasteiger partial charge in [-0.1, -0.05) is 6.07 Å². The molecule has 0 N–H and O–H groups in total. The molecule has 1 aliphatic rings. The fraction of sp³-hybridized carbons (Fsp3) is 0.417. The second-order valence-corrected chi connectivity index (χ2v) is 5.38. The van der Waals surface area contributed by atoms with Crippen LogP contribution in [0.1, 0.15) is 25.5 Å². The number of aromatic nitrogens is 2. The second-order valence-electron chi connectivity index (χ2n) is 4.13. The molecule has 1 fully saturated rings. The zero-order valence-electron chi connectivity index (χ0n) is 8.90. The lowest BCUT2D eigenvalue weighted by molar-refractivity contribution is -0.0390. The van der Waals surface area contributed by atoms with E-state index in [2.05, 4.69) is 52.1 Å². The molecule has 3 nitrogen and oxygen atoms in total. The summed E-state index contributed by atoms with van der Waals surface area (Å²) in [6, 6.07) is 6.33. The van der Waals surface area contributed by atoms with Crippen LogP contribution in [0.25, 0.3) is 10.9 Å². The fourth-order valence-corrected chi connectivity index (χ4v) is 2.56.